The minimum absolute atomic E-state index is 0.237. The number of benzene rings is 1. The third-order valence-corrected chi connectivity index (χ3v) is 4.20. The largest absolute Gasteiger partial charge is 0.506 e. The number of hydrogen-bond acceptors (Lipinski definition) is 3. The molecule has 2 aromatic heterocycles. The Labute approximate surface area is 113 Å². The summed E-state index contributed by atoms with van der Waals surface area (Å²) < 4.78 is 1.16. The molecular formula is C14H10ClNOS. The summed E-state index contributed by atoms with van der Waals surface area (Å²) in [6.45, 7) is 0. The Morgan fingerprint density at radius 1 is 1.22 bits per heavy atom. The second kappa shape index (κ2) is 4.59. The lowest BCUT2D eigenvalue weighted by atomic mass is 10.2. The topological polar surface area (TPSA) is 33.1 Å². The first kappa shape index (κ1) is 11.5. The number of pyridine rings is 1. The van der Waals surface area contributed by atoms with Gasteiger partial charge in [0.25, 0.3) is 0 Å². The first-order chi connectivity index (χ1) is 8.74. The van der Waals surface area contributed by atoms with Crippen molar-refractivity contribution in [3.8, 4) is 5.75 Å². The molecule has 2 nitrogen and oxygen atoms in total. The average molecular weight is 276 g/mol. The Balaban J connectivity index is 2.01. The van der Waals surface area contributed by atoms with Crippen LogP contribution in [0, 0.1) is 0 Å². The predicted octanol–water partition coefficient (Wildman–Crippen LogP) is 4.25. The Morgan fingerprint density at radius 3 is 2.89 bits per heavy atom. The molecular weight excluding hydrogens is 266 g/mol. The maximum Gasteiger partial charge on any atom is 0.137 e. The molecule has 0 aliphatic heterocycles. The highest BCUT2D eigenvalue weighted by molar-refractivity contribution is 7.19. The summed E-state index contributed by atoms with van der Waals surface area (Å²) in [5.74, 6) is 0.237. The molecule has 0 saturated carbocycles. The molecule has 0 aliphatic rings. The minimum atomic E-state index is 0.237. The van der Waals surface area contributed by atoms with Gasteiger partial charge in [-0.15, -0.1) is 11.3 Å². The van der Waals surface area contributed by atoms with Gasteiger partial charge >= 0.3 is 0 Å². The van der Waals surface area contributed by atoms with E-state index in [-0.39, 0.29) is 5.75 Å². The second-order valence-electron chi connectivity index (χ2n) is 4.01. The molecule has 3 aromatic rings. The molecule has 0 fully saturated rings. The fourth-order valence-corrected chi connectivity index (χ4v) is 3.27. The zero-order chi connectivity index (χ0) is 12.5. The van der Waals surface area contributed by atoms with Crippen LogP contribution in [-0.4, -0.2) is 10.1 Å². The lowest BCUT2D eigenvalue weighted by Crippen LogP contribution is -1.89. The van der Waals surface area contributed by atoms with Gasteiger partial charge in [-0.3, -0.25) is 4.98 Å². The predicted molar refractivity (Wildman–Crippen MR) is 75.5 cm³/mol. The van der Waals surface area contributed by atoms with Gasteiger partial charge in [0.2, 0.25) is 0 Å². The summed E-state index contributed by atoms with van der Waals surface area (Å²) in [6.07, 6.45) is 2.32. The van der Waals surface area contributed by atoms with E-state index in [9.17, 15) is 5.11 Å². The molecule has 2 heterocycles. The van der Waals surface area contributed by atoms with Crippen LogP contribution in [0.3, 0.4) is 0 Å². The van der Waals surface area contributed by atoms with Crippen molar-refractivity contribution in [3.63, 3.8) is 0 Å². The summed E-state index contributed by atoms with van der Waals surface area (Å²) in [5, 5.41) is 11.5. The molecule has 0 spiro atoms. The van der Waals surface area contributed by atoms with Crippen LogP contribution in [0.25, 0.3) is 10.1 Å². The fourth-order valence-electron chi connectivity index (χ4n) is 1.90. The van der Waals surface area contributed by atoms with Crippen molar-refractivity contribution in [2.24, 2.45) is 0 Å². The first-order valence-corrected chi connectivity index (χ1v) is 6.73. The van der Waals surface area contributed by atoms with Gasteiger partial charge in [-0.1, -0.05) is 17.7 Å². The molecule has 0 radical (unpaired) electrons. The van der Waals surface area contributed by atoms with Crippen LogP contribution in [0.15, 0.2) is 42.6 Å². The Bertz CT molecular complexity index is 708. The zero-order valence-electron chi connectivity index (χ0n) is 9.43. The van der Waals surface area contributed by atoms with Crippen molar-refractivity contribution >= 4 is 33.0 Å². The summed E-state index contributed by atoms with van der Waals surface area (Å²) in [5.41, 5.74) is 0.695. The summed E-state index contributed by atoms with van der Waals surface area (Å²) in [6, 6.07) is 11.3. The first-order valence-electron chi connectivity index (χ1n) is 5.54. The van der Waals surface area contributed by atoms with E-state index in [4.69, 9.17) is 11.6 Å². The number of fused-ring (bicyclic) bond motifs is 1. The van der Waals surface area contributed by atoms with E-state index in [1.165, 1.54) is 0 Å². The molecule has 0 aliphatic carbocycles. The van der Waals surface area contributed by atoms with Crippen molar-refractivity contribution in [3.05, 3.63) is 58.2 Å². The van der Waals surface area contributed by atoms with Crippen molar-refractivity contribution in [2.75, 3.05) is 0 Å². The zero-order valence-corrected chi connectivity index (χ0v) is 11.0. The Hall–Kier alpha value is -1.58. The highest BCUT2D eigenvalue weighted by atomic mass is 35.5. The maximum atomic E-state index is 9.72. The molecule has 3 rings (SSSR count). The second-order valence-corrected chi connectivity index (χ2v) is 5.59. The van der Waals surface area contributed by atoms with Gasteiger partial charge in [0, 0.05) is 32.6 Å². The van der Waals surface area contributed by atoms with E-state index in [1.54, 1.807) is 29.7 Å². The molecule has 0 amide bonds. The van der Waals surface area contributed by atoms with Crippen LogP contribution in [-0.2, 0) is 6.42 Å². The quantitative estimate of drug-likeness (QED) is 0.759. The Kier molecular flexibility index (Phi) is 2.94. The van der Waals surface area contributed by atoms with E-state index in [2.05, 4.69) is 11.1 Å². The van der Waals surface area contributed by atoms with Gasteiger partial charge in [0.1, 0.15) is 5.75 Å². The Morgan fingerprint density at radius 2 is 2.11 bits per heavy atom. The fraction of sp³-hybridized carbons (Fsp3) is 0.0714. The van der Waals surface area contributed by atoms with E-state index < -0.39 is 0 Å². The molecule has 1 N–H and O–H groups in total. The van der Waals surface area contributed by atoms with Gasteiger partial charge in [0.05, 0.1) is 5.69 Å². The van der Waals surface area contributed by atoms with Crippen LogP contribution < -0.4 is 0 Å². The van der Waals surface area contributed by atoms with E-state index in [0.717, 1.165) is 20.0 Å². The van der Waals surface area contributed by atoms with Gasteiger partial charge in [-0.2, -0.15) is 0 Å². The van der Waals surface area contributed by atoms with Gasteiger partial charge < -0.3 is 5.11 Å². The lowest BCUT2D eigenvalue weighted by Gasteiger charge is -1.99. The van der Waals surface area contributed by atoms with Gasteiger partial charge in [0.15, 0.2) is 0 Å². The van der Waals surface area contributed by atoms with Crippen molar-refractivity contribution in [2.45, 2.75) is 6.42 Å². The van der Waals surface area contributed by atoms with Gasteiger partial charge in [-0.05, 0) is 30.3 Å². The number of hydrogen-bond donors (Lipinski definition) is 1. The monoisotopic (exact) mass is 275 g/mol. The molecule has 18 heavy (non-hydrogen) atoms. The third-order valence-electron chi connectivity index (χ3n) is 2.77. The number of aromatic hydroxyl groups is 1. The SMILES string of the molecule is Oc1cccnc1Cc1cc2c(Cl)cccc2s1. The normalized spacial score (nSPS) is 10.9. The maximum absolute atomic E-state index is 9.72. The van der Waals surface area contributed by atoms with Gasteiger partial charge in [-0.25, -0.2) is 0 Å². The van der Waals surface area contributed by atoms with E-state index in [0.29, 0.717) is 12.1 Å². The number of thiophene rings is 1. The van der Waals surface area contributed by atoms with Crippen molar-refractivity contribution in [1.82, 2.24) is 4.98 Å². The number of halogens is 1. The van der Waals surface area contributed by atoms with Crippen molar-refractivity contribution in [1.29, 1.82) is 0 Å². The lowest BCUT2D eigenvalue weighted by molar-refractivity contribution is 0.466. The molecule has 4 heteroatoms. The van der Waals surface area contributed by atoms with Crippen LogP contribution in [0.1, 0.15) is 10.6 Å². The van der Waals surface area contributed by atoms with Crippen LogP contribution >= 0.6 is 22.9 Å². The van der Waals surface area contributed by atoms with Crippen molar-refractivity contribution < 1.29 is 5.11 Å². The van der Waals surface area contributed by atoms with E-state index >= 15 is 0 Å². The minimum Gasteiger partial charge on any atom is -0.506 e. The molecule has 0 atom stereocenters. The van der Waals surface area contributed by atoms with Crippen LogP contribution in [0.5, 0.6) is 5.75 Å². The molecule has 0 unspecified atom stereocenters. The summed E-state index contributed by atoms with van der Waals surface area (Å²) >= 11 is 7.83. The highest BCUT2D eigenvalue weighted by Crippen LogP contribution is 2.32. The smallest absolute Gasteiger partial charge is 0.137 e. The van der Waals surface area contributed by atoms with Crippen LogP contribution in [0.4, 0.5) is 0 Å². The molecule has 0 saturated heterocycles. The van der Waals surface area contributed by atoms with E-state index in [1.807, 2.05) is 18.2 Å². The number of rotatable bonds is 2. The number of nitrogens with zero attached hydrogens (tertiary/aromatic N) is 1. The molecule has 1 aromatic carbocycles. The highest BCUT2D eigenvalue weighted by Gasteiger charge is 2.08. The summed E-state index contributed by atoms with van der Waals surface area (Å²) in [4.78, 5) is 5.34. The number of aromatic nitrogens is 1. The van der Waals surface area contributed by atoms with Crippen LogP contribution in [0.2, 0.25) is 5.02 Å². The standard InChI is InChI=1S/C14H10ClNOS/c15-11-3-1-5-14-10(11)7-9(18-14)8-12-13(17)4-2-6-16-12/h1-7,17H,8H2. The molecule has 0 bridgehead atoms. The average Bonchev–Trinajstić information content (AvgIpc) is 2.76. The summed E-state index contributed by atoms with van der Waals surface area (Å²) in [7, 11) is 0. The third kappa shape index (κ3) is 2.07. The molecule has 90 valence electrons.